The smallest absolute Gasteiger partial charge is 0.243 e. The van der Waals surface area contributed by atoms with Crippen LogP contribution in [0.4, 0.5) is 0 Å². The number of hydrogen-bond acceptors (Lipinski definition) is 7. The first-order chi connectivity index (χ1) is 14.9. The van der Waals surface area contributed by atoms with E-state index in [1.807, 2.05) is 0 Å². The fourth-order valence-electron chi connectivity index (χ4n) is 4.44. The number of nitrogens with zero attached hydrogens (tertiary/aromatic N) is 2. The van der Waals surface area contributed by atoms with E-state index >= 15 is 0 Å². The molecule has 3 aliphatic heterocycles. The van der Waals surface area contributed by atoms with Crippen molar-refractivity contribution in [1.29, 1.82) is 0 Å². The normalized spacial score (nSPS) is 30.8. The summed E-state index contributed by atoms with van der Waals surface area (Å²) in [5.74, 6) is 0.0303. The molecule has 0 unspecified atom stereocenters. The number of carbonyl (C=O) groups excluding carboxylic acids is 1. The molecule has 1 aromatic rings. The van der Waals surface area contributed by atoms with Crippen molar-refractivity contribution < 1.29 is 32.5 Å². The molecule has 1 N–H and O–H groups in total. The molecule has 3 saturated heterocycles. The van der Waals surface area contributed by atoms with E-state index in [0.717, 1.165) is 0 Å². The van der Waals surface area contributed by atoms with E-state index in [4.69, 9.17) is 14.2 Å². The van der Waals surface area contributed by atoms with Gasteiger partial charge in [-0.1, -0.05) is 18.2 Å². The van der Waals surface area contributed by atoms with Gasteiger partial charge in [0.2, 0.25) is 15.9 Å². The average Bonchev–Trinajstić information content (AvgIpc) is 2.78. The van der Waals surface area contributed by atoms with Crippen LogP contribution in [-0.4, -0.2) is 99.1 Å². The average molecular weight is 455 g/mol. The quantitative estimate of drug-likeness (QED) is 0.694. The number of aliphatic hydroxyl groups is 1. The highest BCUT2D eigenvalue weighted by Gasteiger charge is 2.43. The van der Waals surface area contributed by atoms with E-state index in [-0.39, 0.29) is 43.1 Å². The van der Waals surface area contributed by atoms with Gasteiger partial charge < -0.3 is 24.2 Å². The maximum absolute atomic E-state index is 13.4. The van der Waals surface area contributed by atoms with Gasteiger partial charge in [-0.05, 0) is 25.0 Å². The lowest BCUT2D eigenvalue weighted by Gasteiger charge is -2.43. The molecule has 0 saturated carbocycles. The summed E-state index contributed by atoms with van der Waals surface area (Å²) in [6.45, 7) is 2.41. The molecule has 0 radical (unpaired) electrons. The first-order valence-electron chi connectivity index (χ1n) is 10.8. The second-order valence-corrected chi connectivity index (χ2v) is 10.1. The van der Waals surface area contributed by atoms with Crippen molar-refractivity contribution in [2.24, 2.45) is 0 Å². The Hall–Kier alpha value is -1.56. The van der Waals surface area contributed by atoms with E-state index < -0.39 is 28.3 Å². The van der Waals surface area contributed by atoms with Gasteiger partial charge in [0, 0.05) is 19.6 Å². The van der Waals surface area contributed by atoms with Crippen LogP contribution in [0.15, 0.2) is 35.2 Å². The fraction of sp³-hybridized carbons (Fsp3) is 0.667. The lowest BCUT2D eigenvalue weighted by molar-refractivity contribution is -0.153. The number of rotatable bonds is 4. The van der Waals surface area contributed by atoms with Gasteiger partial charge in [0.05, 0.1) is 62.1 Å². The first-order valence-corrected chi connectivity index (χ1v) is 12.2. The number of aliphatic hydroxyl groups excluding tert-OH is 1. The molecule has 3 fully saturated rings. The monoisotopic (exact) mass is 454 g/mol. The zero-order valence-corrected chi connectivity index (χ0v) is 18.3. The van der Waals surface area contributed by atoms with Gasteiger partial charge in [0.15, 0.2) is 0 Å². The van der Waals surface area contributed by atoms with Gasteiger partial charge in [-0.2, -0.15) is 4.31 Å². The summed E-state index contributed by atoms with van der Waals surface area (Å²) in [6, 6.07) is 7.77. The summed E-state index contributed by atoms with van der Waals surface area (Å²) in [4.78, 5) is 14.6. The SMILES string of the molecule is O=C(C[C@H]1CC[C@H]2[C@@H](COC[C@H](O)CN2S(=O)(=O)c2ccccc2)O1)N1CCOCC1. The van der Waals surface area contributed by atoms with Gasteiger partial charge in [-0.15, -0.1) is 0 Å². The van der Waals surface area contributed by atoms with Crippen LogP contribution in [-0.2, 0) is 29.0 Å². The van der Waals surface area contributed by atoms with Crippen LogP contribution in [0.25, 0.3) is 0 Å². The van der Waals surface area contributed by atoms with Crippen molar-refractivity contribution in [1.82, 2.24) is 9.21 Å². The number of ether oxygens (including phenoxy) is 3. The molecule has 0 bridgehead atoms. The minimum absolute atomic E-state index is 0.0303. The second kappa shape index (κ2) is 9.93. The van der Waals surface area contributed by atoms with Crippen LogP contribution in [0, 0.1) is 0 Å². The van der Waals surface area contributed by atoms with Crippen LogP contribution in [0.1, 0.15) is 19.3 Å². The molecule has 1 amide bonds. The summed E-state index contributed by atoms with van der Waals surface area (Å²) in [6.07, 6.45) is -0.340. The molecule has 4 rings (SSSR count). The predicted molar refractivity (Wildman–Crippen MR) is 111 cm³/mol. The highest BCUT2D eigenvalue weighted by Crippen LogP contribution is 2.31. The molecule has 1 aromatic carbocycles. The first kappa shape index (κ1) is 22.6. The Morgan fingerprint density at radius 3 is 2.55 bits per heavy atom. The third-order valence-electron chi connectivity index (χ3n) is 6.05. The van der Waals surface area contributed by atoms with Crippen LogP contribution >= 0.6 is 0 Å². The third-order valence-corrected chi connectivity index (χ3v) is 7.95. The standard InChI is InChI=1S/C21H30N2O7S/c24-16-13-23(31(26,27)18-4-2-1-3-5-18)19-7-6-17(30-20(19)15-29-14-16)12-21(25)22-8-10-28-11-9-22/h1-5,16-17,19-20,24H,6-15H2/t16-,17-,19+,20-/m1/s1. The third kappa shape index (κ3) is 5.27. The maximum atomic E-state index is 13.4. The Kier molecular flexibility index (Phi) is 7.25. The van der Waals surface area contributed by atoms with Gasteiger partial charge in [-0.3, -0.25) is 4.79 Å². The Morgan fingerprint density at radius 2 is 1.81 bits per heavy atom. The zero-order chi connectivity index (χ0) is 21.8. The van der Waals surface area contributed by atoms with Crippen molar-refractivity contribution in [2.45, 2.75) is 48.5 Å². The molecule has 0 aromatic heterocycles. The zero-order valence-electron chi connectivity index (χ0n) is 17.5. The summed E-state index contributed by atoms with van der Waals surface area (Å²) >= 11 is 0. The molecular formula is C21H30N2O7S. The number of amides is 1. The van der Waals surface area contributed by atoms with E-state index in [0.29, 0.717) is 39.1 Å². The van der Waals surface area contributed by atoms with Gasteiger partial charge >= 0.3 is 0 Å². The van der Waals surface area contributed by atoms with Crippen molar-refractivity contribution >= 4 is 15.9 Å². The van der Waals surface area contributed by atoms with E-state index in [9.17, 15) is 18.3 Å². The minimum atomic E-state index is -3.81. The summed E-state index contributed by atoms with van der Waals surface area (Å²) in [5, 5.41) is 10.3. The predicted octanol–water partition coefficient (Wildman–Crippen LogP) is 0.234. The van der Waals surface area contributed by atoms with Crippen molar-refractivity contribution in [3.05, 3.63) is 30.3 Å². The van der Waals surface area contributed by atoms with Crippen LogP contribution in [0.3, 0.4) is 0 Å². The Labute approximate surface area is 182 Å². The Bertz CT molecular complexity index is 845. The molecule has 0 aliphatic carbocycles. The Balaban J connectivity index is 1.49. The topological polar surface area (TPSA) is 106 Å². The number of morpholine rings is 1. The summed E-state index contributed by atoms with van der Waals surface area (Å²) in [7, 11) is -3.81. The van der Waals surface area contributed by atoms with Crippen molar-refractivity contribution in [3.63, 3.8) is 0 Å². The molecule has 0 spiro atoms. The highest BCUT2D eigenvalue weighted by atomic mass is 32.2. The molecular weight excluding hydrogens is 424 g/mol. The minimum Gasteiger partial charge on any atom is -0.389 e. The van der Waals surface area contributed by atoms with Crippen molar-refractivity contribution in [2.75, 3.05) is 46.1 Å². The lowest BCUT2D eigenvalue weighted by atomic mass is 9.96. The summed E-state index contributed by atoms with van der Waals surface area (Å²) in [5.41, 5.74) is 0. The number of hydrogen-bond donors (Lipinski definition) is 1. The fourth-order valence-corrected chi connectivity index (χ4v) is 6.17. The van der Waals surface area contributed by atoms with Crippen LogP contribution in [0.2, 0.25) is 0 Å². The molecule has 172 valence electrons. The largest absolute Gasteiger partial charge is 0.389 e. The second-order valence-electron chi connectivity index (χ2n) is 8.22. The number of fused-ring (bicyclic) bond motifs is 1. The van der Waals surface area contributed by atoms with E-state index in [2.05, 4.69) is 0 Å². The highest BCUT2D eigenvalue weighted by molar-refractivity contribution is 7.89. The lowest BCUT2D eigenvalue weighted by Crippen LogP contribution is -2.57. The Morgan fingerprint density at radius 1 is 1.06 bits per heavy atom. The molecule has 3 aliphatic rings. The number of benzene rings is 1. The van der Waals surface area contributed by atoms with Gasteiger partial charge in [0.25, 0.3) is 0 Å². The van der Waals surface area contributed by atoms with Gasteiger partial charge in [-0.25, -0.2) is 8.42 Å². The molecule has 10 heteroatoms. The molecule has 4 atom stereocenters. The molecule has 31 heavy (non-hydrogen) atoms. The van der Waals surface area contributed by atoms with Crippen molar-refractivity contribution in [3.8, 4) is 0 Å². The van der Waals surface area contributed by atoms with Gasteiger partial charge in [0.1, 0.15) is 0 Å². The summed E-state index contributed by atoms with van der Waals surface area (Å²) < 4.78 is 45.2. The number of β-amino-alcohol motifs (C(OH)–C–C–N with tert-alkyl or cyclic N) is 1. The molecule has 9 nitrogen and oxygen atoms in total. The maximum Gasteiger partial charge on any atom is 0.243 e. The van der Waals surface area contributed by atoms with E-state index in [1.165, 1.54) is 4.31 Å². The van der Waals surface area contributed by atoms with Crippen LogP contribution < -0.4 is 0 Å². The molecule has 3 heterocycles. The number of sulfonamides is 1. The number of carbonyl (C=O) groups is 1. The van der Waals surface area contributed by atoms with Crippen LogP contribution in [0.5, 0.6) is 0 Å². The van der Waals surface area contributed by atoms with E-state index in [1.54, 1.807) is 35.2 Å².